The monoisotopic (exact) mass is 468 g/mol. The molecule has 5 nitrogen and oxygen atoms in total. The van der Waals surface area contributed by atoms with E-state index in [2.05, 4.69) is 25.6 Å². The van der Waals surface area contributed by atoms with Gasteiger partial charge in [0.1, 0.15) is 16.2 Å². The summed E-state index contributed by atoms with van der Waals surface area (Å²) in [5, 5.41) is 7.99. The van der Waals surface area contributed by atoms with Gasteiger partial charge in [-0.1, -0.05) is 59.0 Å². The molecule has 9 heteroatoms. The van der Waals surface area contributed by atoms with Crippen molar-refractivity contribution in [3.05, 3.63) is 65.3 Å². The number of nitrogens with one attached hydrogen (secondary N) is 1. The average molecular weight is 469 g/mol. The summed E-state index contributed by atoms with van der Waals surface area (Å²) in [4.78, 5) is 26.7. The van der Waals surface area contributed by atoms with Gasteiger partial charge in [0.2, 0.25) is 5.91 Å². The molecular formula is C21H13ClN4OS3. The number of aromatic nitrogens is 3. The minimum Gasteiger partial charge on any atom is -0.301 e. The van der Waals surface area contributed by atoms with Gasteiger partial charge in [-0.3, -0.25) is 4.79 Å². The van der Waals surface area contributed by atoms with E-state index in [-0.39, 0.29) is 11.7 Å². The molecule has 2 aromatic carbocycles. The lowest BCUT2D eigenvalue weighted by atomic mass is 10.1. The van der Waals surface area contributed by atoms with Crippen molar-refractivity contribution in [2.24, 2.45) is 0 Å². The molecule has 0 fully saturated rings. The predicted octanol–water partition coefficient (Wildman–Crippen LogP) is 6.35. The lowest BCUT2D eigenvalue weighted by molar-refractivity contribution is -0.113. The smallest absolute Gasteiger partial charge is 0.236 e. The van der Waals surface area contributed by atoms with Crippen molar-refractivity contribution in [3.63, 3.8) is 0 Å². The van der Waals surface area contributed by atoms with Gasteiger partial charge in [-0.2, -0.15) is 0 Å². The molecule has 0 atom stereocenters. The number of benzene rings is 2. The van der Waals surface area contributed by atoms with Gasteiger partial charge < -0.3 is 5.32 Å². The van der Waals surface area contributed by atoms with E-state index in [0.717, 1.165) is 36.6 Å². The Morgan fingerprint density at radius 1 is 1.10 bits per heavy atom. The summed E-state index contributed by atoms with van der Waals surface area (Å²) in [5.74, 6) is 0.117. The summed E-state index contributed by atoms with van der Waals surface area (Å²) in [7, 11) is 0. The third-order valence-corrected chi connectivity index (χ3v) is 7.45. The number of amides is 1. The highest BCUT2D eigenvalue weighted by Crippen LogP contribution is 2.38. The van der Waals surface area contributed by atoms with Crippen LogP contribution in [0.2, 0.25) is 5.02 Å². The predicted molar refractivity (Wildman–Crippen MR) is 127 cm³/mol. The number of thiazole rings is 1. The molecule has 1 N–H and O–H groups in total. The van der Waals surface area contributed by atoms with Crippen molar-refractivity contribution in [2.75, 3.05) is 11.1 Å². The average Bonchev–Trinajstić information content (AvgIpc) is 3.36. The Kier molecular flexibility index (Phi) is 5.39. The topological polar surface area (TPSA) is 67.8 Å². The van der Waals surface area contributed by atoms with Crippen LogP contribution >= 0.6 is 46.0 Å². The van der Waals surface area contributed by atoms with Crippen LogP contribution < -0.4 is 5.32 Å². The Labute approximate surface area is 189 Å². The van der Waals surface area contributed by atoms with E-state index < -0.39 is 0 Å². The third-order valence-electron chi connectivity index (χ3n) is 4.37. The van der Waals surface area contributed by atoms with Crippen molar-refractivity contribution in [2.45, 2.75) is 5.03 Å². The number of halogens is 1. The normalized spacial score (nSPS) is 11.2. The summed E-state index contributed by atoms with van der Waals surface area (Å²) >= 11 is 10.4. The van der Waals surface area contributed by atoms with Gasteiger partial charge in [-0.25, -0.2) is 15.0 Å². The highest BCUT2D eigenvalue weighted by molar-refractivity contribution is 8.00. The van der Waals surface area contributed by atoms with Gasteiger partial charge in [0.25, 0.3) is 0 Å². The van der Waals surface area contributed by atoms with E-state index in [4.69, 9.17) is 11.6 Å². The fraction of sp³-hybridized carbons (Fsp3) is 0.0476. The summed E-state index contributed by atoms with van der Waals surface area (Å²) in [6.45, 7) is 0. The maximum absolute atomic E-state index is 12.5. The van der Waals surface area contributed by atoms with Crippen LogP contribution in [0.25, 0.3) is 31.6 Å². The van der Waals surface area contributed by atoms with Crippen LogP contribution in [0.1, 0.15) is 0 Å². The van der Waals surface area contributed by atoms with E-state index in [1.165, 1.54) is 29.4 Å². The zero-order valence-electron chi connectivity index (χ0n) is 15.3. The van der Waals surface area contributed by atoms with Gasteiger partial charge in [0.05, 0.1) is 21.4 Å². The first kappa shape index (κ1) is 19.4. The minimum absolute atomic E-state index is 0.117. The molecule has 148 valence electrons. The first-order chi connectivity index (χ1) is 14.7. The summed E-state index contributed by atoms with van der Waals surface area (Å²) in [6.07, 6.45) is 1.54. The lowest BCUT2D eigenvalue weighted by Crippen LogP contribution is -2.13. The number of fused-ring (bicyclic) bond motifs is 2. The molecule has 0 aliphatic carbocycles. The van der Waals surface area contributed by atoms with Gasteiger partial charge in [-0.15, -0.1) is 11.3 Å². The number of thioether (sulfide) groups is 1. The van der Waals surface area contributed by atoms with Crippen LogP contribution in [0.15, 0.2) is 65.3 Å². The van der Waals surface area contributed by atoms with Crippen LogP contribution in [-0.2, 0) is 4.79 Å². The first-order valence-electron chi connectivity index (χ1n) is 8.94. The number of rotatable bonds is 5. The van der Waals surface area contributed by atoms with Crippen molar-refractivity contribution >= 4 is 77.5 Å². The zero-order chi connectivity index (χ0) is 20.5. The molecule has 0 aliphatic rings. The van der Waals surface area contributed by atoms with E-state index in [1.54, 1.807) is 11.3 Å². The van der Waals surface area contributed by atoms with E-state index in [9.17, 15) is 4.79 Å². The van der Waals surface area contributed by atoms with Crippen molar-refractivity contribution in [1.82, 2.24) is 15.0 Å². The summed E-state index contributed by atoms with van der Waals surface area (Å²) in [5.41, 5.74) is 2.97. The molecule has 30 heavy (non-hydrogen) atoms. The number of para-hydroxylation sites is 1. The Morgan fingerprint density at radius 2 is 1.93 bits per heavy atom. The van der Waals surface area contributed by atoms with Crippen LogP contribution in [-0.4, -0.2) is 26.6 Å². The summed E-state index contributed by atoms with van der Waals surface area (Å²) < 4.78 is 1.05. The number of anilines is 1. The Morgan fingerprint density at radius 3 is 2.77 bits per heavy atom. The van der Waals surface area contributed by atoms with E-state index in [1.807, 2.05) is 48.5 Å². The Balaban J connectivity index is 1.36. The second-order valence-electron chi connectivity index (χ2n) is 6.34. The molecule has 3 heterocycles. The molecule has 1 amide bonds. The molecule has 3 aromatic heterocycles. The number of nitrogens with zero attached hydrogens (tertiary/aromatic N) is 3. The third kappa shape index (κ3) is 3.91. The van der Waals surface area contributed by atoms with Crippen LogP contribution in [0.3, 0.4) is 0 Å². The Hall–Kier alpha value is -2.52. The number of carbonyl (C=O) groups excluding carboxylic acids is 1. The standard InChI is InChI=1S/C21H13ClN4OS3/c22-13-7-5-12(6-8-13)14-9-28-19-18(14)20(24-11-23-19)29-10-17(27)26-21-25-15-3-1-2-4-16(15)30-21/h1-9,11H,10H2,(H,25,26,27). The first-order valence-corrected chi connectivity index (χ1v) is 12.0. The minimum atomic E-state index is -0.117. The van der Waals surface area contributed by atoms with Crippen molar-refractivity contribution < 1.29 is 4.79 Å². The SMILES string of the molecule is O=C(CSc1ncnc2scc(-c3ccc(Cl)cc3)c12)Nc1nc2ccccc2s1. The number of hydrogen-bond acceptors (Lipinski definition) is 7. The molecule has 0 radical (unpaired) electrons. The number of carbonyl (C=O) groups is 1. The molecule has 0 saturated heterocycles. The lowest BCUT2D eigenvalue weighted by Gasteiger charge is -2.05. The molecule has 0 unspecified atom stereocenters. The van der Waals surface area contributed by atoms with Crippen LogP contribution in [0, 0.1) is 0 Å². The van der Waals surface area contributed by atoms with Crippen molar-refractivity contribution in [1.29, 1.82) is 0 Å². The van der Waals surface area contributed by atoms with E-state index in [0.29, 0.717) is 10.2 Å². The van der Waals surface area contributed by atoms with Crippen LogP contribution in [0.4, 0.5) is 5.13 Å². The highest BCUT2D eigenvalue weighted by atomic mass is 35.5. The molecule has 0 bridgehead atoms. The van der Waals surface area contributed by atoms with Gasteiger partial charge in [-0.05, 0) is 29.8 Å². The molecule has 0 aliphatic heterocycles. The Bertz CT molecular complexity index is 1330. The quantitative estimate of drug-likeness (QED) is 0.240. The fourth-order valence-corrected chi connectivity index (χ4v) is 5.82. The molecule has 5 aromatic rings. The largest absolute Gasteiger partial charge is 0.301 e. The van der Waals surface area contributed by atoms with Gasteiger partial charge in [0, 0.05) is 16.0 Å². The van der Waals surface area contributed by atoms with E-state index >= 15 is 0 Å². The number of hydrogen-bond donors (Lipinski definition) is 1. The maximum atomic E-state index is 12.5. The molecule has 0 saturated carbocycles. The molecular weight excluding hydrogens is 456 g/mol. The van der Waals surface area contributed by atoms with Gasteiger partial charge in [0.15, 0.2) is 5.13 Å². The van der Waals surface area contributed by atoms with Gasteiger partial charge >= 0.3 is 0 Å². The maximum Gasteiger partial charge on any atom is 0.236 e. The number of thiophene rings is 1. The second kappa shape index (κ2) is 8.31. The second-order valence-corrected chi connectivity index (χ2v) is 9.63. The van der Waals surface area contributed by atoms with Crippen LogP contribution in [0.5, 0.6) is 0 Å². The zero-order valence-corrected chi connectivity index (χ0v) is 18.5. The molecule has 0 spiro atoms. The molecule has 5 rings (SSSR count). The van der Waals surface area contributed by atoms with Crippen molar-refractivity contribution in [3.8, 4) is 11.1 Å². The fourth-order valence-electron chi connectivity index (χ4n) is 3.01. The summed E-state index contributed by atoms with van der Waals surface area (Å²) in [6, 6.07) is 15.5. The highest BCUT2D eigenvalue weighted by Gasteiger charge is 2.15.